The smallest absolute Gasteiger partial charge is 0.335 e. The molecule has 3 aromatic rings. The van der Waals surface area contributed by atoms with Crippen molar-refractivity contribution < 1.29 is 27.8 Å². The Labute approximate surface area is 253 Å². The number of benzene rings is 2. The number of likely N-dealkylation sites (tertiary alicyclic amines) is 1. The number of nitrogens with zero attached hydrogens (tertiary/aromatic N) is 3. The molecule has 2 unspecified atom stereocenters. The van der Waals surface area contributed by atoms with Crippen LogP contribution < -0.4 is 9.88 Å². The highest BCUT2D eigenvalue weighted by molar-refractivity contribution is 7.86. The molecule has 232 valence electrons. The number of aromatic nitrogens is 1. The van der Waals surface area contributed by atoms with Crippen molar-refractivity contribution >= 4 is 27.1 Å². The zero-order valence-electron chi connectivity index (χ0n) is 24.8. The first-order chi connectivity index (χ1) is 20.7. The summed E-state index contributed by atoms with van der Waals surface area (Å²) in [7, 11) is -2.22. The molecule has 43 heavy (non-hydrogen) atoms. The molecule has 3 heterocycles. The normalized spacial score (nSPS) is 21.7. The van der Waals surface area contributed by atoms with E-state index in [0.29, 0.717) is 38.8 Å². The lowest BCUT2D eigenvalue weighted by atomic mass is 9.81. The van der Waals surface area contributed by atoms with Crippen LogP contribution in [0.25, 0.3) is 22.2 Å². The second-order valence-electron chi connectivity index (χ2n) is 12.2. The standard InChI is InChI=1S/C32H42N4O6S/c1-34(43(33,39)40)16-17-35-15-7-10-24(35)20-41-25-19-36-28-18-23(32(37)38)13-14-26(28)30(22-8-3-2-4-9-22)31(36)27-11-5-6-12-29(27)42-21-25/h5-6,11-14,18,22,24-25H,2-4,7-10,15-17,19-21H2,1H3,(H,37,38)(H2,33,39,40). The van der Waals surface area contributed by atoms with E-state index in [4.69, 9.17) is 14.6 Å². The second-order valence-corrected chi connectivity index (χ2v) is 13.9. The Morgan fingerprint density at radius 1 is 1.12 bits per heavy atom. The van der Waals surface area contributed by atoms with E-state index in [2.05, 4.69) is 15.5 Å². The lowest BCUT2D eigenvalue weighted by Crippen LogP contribution is -2.43. The van der Waals surface area contributed by atoms with Crippen molar-refractivity contribution in [2.45, 2.75) is 69.6 Å². The van der Waals surface area contributed by atoms with Gasteiger partial charge in [-0.25, -0.2) is 9.93 Å². The Morgan fingerprint density at radius 2 is 1.91 bits per heavy atom. The molecule has 1 saturated heterocycles. The Morgan fingerprint density at radius 3 is 2.67 bits per heavy atom. The van der Waals surface area contributed by atoms with E-state index in [1.165, 1.54) is 36.2 Å². The molecule has 2 aromatic carbocycles. The number of hydrogen-bond acceptors (Lipinski definition) is 6. The van der Waals surface area contributed by atoms with Gasteiger partial charge in [-0.3, -0.25) is 4.90 Å². The number of hydrogen-bond donors (Lipinski definition) is 2. The summed E-state index contributed by atoms with van der Waals surface area (Å²) in [5.74, 6) is 0.273. The van der Waals surface area contributed by atoms with E-state index in [0.717, 1.165) is 60.1 Å². The molecule has 0 bridgehead atoms. The summed E-state index contributed by atoms with van der Waals surface area (Å²) in [4.78, 5) is 14.3. The van der Waals surface area contributed by atoms with Crippen LogP contribution in [0.1, 0.15) is 66.8 Å². The first kappa shape index (κ1) is 30.1. The average molecular weight is 611 g/mol. The van der Waals surface area contributed by atoms with Gasteiger partial charge in [-0.05, 0) is 68.0 Å². The van der Waals surface area contributed by atoms with Gasteiger partial charge in [-0.15, -0.1) is 0 Å². The van der Waals surface area contributed by atoms with Gasteiger partial charge in [-0.1, -0.05) is 37.5 Å². The van der Waals surface area contributed by atoms with E-state index in [9.17, 15) is 18.3 Å². The maximum absolute atomic E-state index is 12.0. The van der Waals surface area contributed by atoms with Crippen LogP contribution in [-0.2, 0) is 21.5 Å². The third-order valence-corrected chi connectivity index (χ3v) is 10.5. The fourth-order valence-corrected chi connectivity index (χ4v) is 7.48. The van der Waals surface area contributed by atoms with E-state index < -0.39 is 16.2 Å². The summed E-state index contributed by atoms with van der Waals surface area (Å²) in [5.41, 5.74) is 4.65. The van der Waals surface area contributed by atoms with Crippen LogP contribution in [0.15, 0.2) is 42.5 Å². The van der Waals surface area contributed by atoms with Crippen molar-refractivity contribution in [3.8, 4) is 17.0 Å². The van der Waals surface area contributed by atoms with Crippen molar-refractivity contribution in [1.82, 2.24) is 13.8 Å². The van der Waals surface area contributed by atoms with Gasteiger partial charge in [0.25, 0.3) is 10.2 Å². The van der Waals surface area contributed by atoms with Gasteiger partial charge in [0.05, 0.1) is 24.4 Å². The second kappa shape index (κ2) is 12.6. The minimum Gasteiger partial charge on any atom is -0.490 e. The Balaban J connectivity index is 1.33. The molecule has 2 aliphatic heterocycles. The van der Waals surface area contributed by atoms with Crippen LogP contribution >= 0.6 is 0 Å². The van der Waals surface area contributed by atoms with Gasteiger partial charge in [0.1, 0.15) is 18.5 Å². The molecule has 6 rings (SSSR count). The number of rotatable bonds is 9. The van der Waals surface area contributed by atoms with E-state index in [1.54, 1.807) is 6.07 Å². The molecule has 0 spiro atoms. The first-order valence-corrected chi connectivity index (χ1v) is 16.9. The molecule has 1 saturated carbocycles. The summed E-state index contributed by atoms with van der Waals surface area (Å²) >= 11 is 0. The lowest BCUT2D eigenvalue weighted by molar-refractivity contribution is -0.0142. The number of para-hydroxylation sites is 1. The number of fused-ring (bicyclic) bond motifs is 5. The predicted molar refractivity (Wildman–Crippen MR) is 166 cm³/mol. The zero-order chi connectivity index (χ0) is 30.1. The van der Waals surface area contributed by atoms with Crippen LogP contribution in [-0.4, -0.2) is 85.3 Å². The molecule has 3 aliphatic rings. The third-order valence-electron chi connectivity index (χ3n) is 9.48. The van der Waals surface area contributed by atoms with Gasteiger partial charge in [0, 0.05) is 42.6 Å². The highest BCUT2D eigenvalue weighted by atomic mass is 32.2. The lowest BCUT2D eigenvalue weighted by Gasteiger charge is -2.30. The Kier molecular flexibility index (Phi) is 8.79. The summed E-state index contributed by atoms with van der Waals surface area (Å²) < 4.78 is 39.8. The SMILES string of the molecule is CN(CCN1CCCC1COC1COc2ccccc2-c2c(C3CCCCC3)c3ccc(C(=O)O)cc3n2C1)S(N)(=O)=O. The number of carboxylic acid groups (broad SMARTS) is 1. The number of carboxylic acids is 1. The van der Waals surface area contributed by atoms with Crippen LogP contribution in [0.2, 0.25) is 0 Å². The molecule has 0 radical (unpaired) electrons. The molecule has 1 aliphatic carbocycles. The highest BCUT2D eigenvalue weighted by Gasteiger charge is 2.32. The topological polar surface area (TPSA) is 127 Å². The van der Waals surface area contributed by atoms with Crippen LogP contribution in [0.5, 0.6) is 5.75 Å². The molecule has 2 atom stereocenters. The average Bonchev–Trinajstić information content (AvgIpc) is 3.57. The summed E-state index contributed by atoms with van der Waals surface area (Å²) in [5, 5.41) is 16.3. The Bertz CT molecular complexity index is 1580. The van der Waals surface area contributed by atoms with Crippen molar-refractivity contribution in [3.63, 3.8) is 0 Å². The largest absolute Gasteiger partial charge is 0.490 e. The van der Waals surface area contributed by atoms with Crippen molar-refractivity contribution in [3.05, 3.63) is 53.6 Å². The van der Waals surface area contributed by atoms with Crippen LogP contribution in [0.4, 0.5) is 0 Å². The number of ether oxygens (including phenoxy) is 2. The number of nitrogens with two attached hydrogens (primary N) is 1. The molecule has 11 heteroatoms. The van der Waals surface area contributed by atoms with Gasteiger partial charge >= 0.3 is 5.97 Å². The molecular weight excluding hydrogens is 568 g/mol. The van der Waals surface area contributed by atoms with E-state index in [-0.39, 0.29) is 17.7 Å². The maximum Gasteiger partial charge on any atom is 0.335 e. The fraction of sp³-hybridized carbons (Fsp3) is 0.531. The molecule has 2 fully saturated rings. The molecular formula is C32H42N4O6S. The van der Waals surface area contributed by atoms with Gasteiger partial charge in [-0.2, -0.15) is 12.7 Å². The molecule has 1 aromatic heterocycles. The molecule has 10 nitrogen and oxygen atoms in total. The van der Waals surface area contributed by atoms with Crippen molar-refractivity contribution in [2.75, 3.05) is 39.9 Å². The predicted octanol–water partition coefficient (Wildman–Crippen LogP) is 4.43. The summed E-state index contributed by atoms with van der Waals surface area (Å²) in [6, 6.07) is 13.8. The van der Waals surface area contributed by atoms with Gasteiger partial charge < -0.3 is 19.1 Å². The van der Waals surface area contributed by atoms with Crippen LogP contribution in [0, 0.1) is 0 Å². The maximum atomic E-state index is 12.0. The summed E-state index contributed by atoms with van der Waals surface area (Å²) in [6.07, 6.45) is 7.61. The number of carbonyl (C=O) groups is 1. The van der Waals surface area contributed by atoms with E-state index in [1.807, 2.05) is 30.3 Å². The van der Waals surface area contributed by atoms with Crippen molar-refractivity contribution in [1.29, 1.82) is 0 Å². The minimum atomic E-state index is -3.72. The number of likely N-dealkylation sites (N-methyl/N-ethyl adjacent to an activating group) is 1. The quantitative estimate of drug-likeness (QED) is 0.367. The minimum absolute atomic E-state index is 0.170. The molecule has 3 N–H and O–H groups in total. The summed E-state index contributed by atoms with van der Waals surface area (Å²) in [6.45, 7) is 3.21. The van der Waals surface area contributed by atoms with Crippen molar-refractivity contribution in [2.24, 2.45) is 5.14 Å². The highest BCUT2D eigenvalue weighted by Crippen LogP contribution is 2.47. The monoisotopic (exact) mass is 610 g/mol. The van der Waals surface area contributed by atoms with Gasteiger partial charge in [0.15, 0.2) is 0 Å². The Hall–Kier alpha value is -2.96. The first-order valence-electron chi connectivity index (χ1n) is 15.4. The van der Waals surface area contributed by atoms with E-state index >= 15 is 0 Å². The van der Waals surface area contributed by atoms with Crippen LogP contribution in [0.3, 0.4) is 0 Å². The number of aromatic carboxylic acids is 1. The zero-order valence-corrected chi connectivity index (χ0v) is 25.6. The fourth-order valence-electron chi connectivity index (χ4n) is 7.14. The third kappa shape index (κ3) is 6.32. The molecule has 0 amide bonds. The van der Waals surface area contributed by atoms with Gasteiger partial charge in [0.2, 0.25) is 0 Å².